The lowest BCUT2D eigenvalue weighted by Crippen LogP contribution is -2.19. The van der Waals surface area contributed by atoms with E-state index < -0.39 is 0 Å². The minimum absolute atomic E-state index is 0.346. The van der Waals surface area contributed by atoms with Crippen LogP contribution in [0.5, 0.6) is 0 Å². The Labute approximate surface area is 202 Å². The molecule has 0 atom stereocenters. The molecule has 5 aromatic rings. The van der Waals surface area contributed by atoms with Crippen LogP contribution in [0.1, 0.15) is 11.3 Å². The highest BCUT2D eigenvalue weighted by Crippen LogP contribution is 2.25. The maximum Gasteiger partial charge on any atom is 0.323 e. The quantitative estimate of drug-likeness (QED) is 0.320. The van der Waals surface area contributed by atoms with E-state index in [0.29, 0.717) is 17.3 Å². The molecule has 2 amide bonds. The van der Waals surface area contributed by atoms with Crippen molar-refractivity contribution >= 4 is 39.9 Å². The van der Waals surface area contributed by atoms with Crippen LogP contribution in [0.25, 0.3) is 22.2 Å². The van der Waals surface area contributed by atoms with Crippen LogP contribution in [0.15, 0.2) is 73.2 Å². The Hall–Kier alpha value is -4.79. The van der Waals surface area contributed by atoms with Crippen molar-refractivity contribution in [1.29, 1.82) is 0 Å². The number of rotatable bonds is 5. The molecule has 0 aliphatic heterocycles. The van der Waals surface area contributed by atoms with Gasteiger partial charge in [0, 0.05) is 59.3 Å². The monoisotopic (exact) mass is 464 g/mol. The highest BCUT2D eigenvalue weighted by Gasteiger charge is 2.10. The first kappa shape index (κ1) is 22.0. The summed E-state index contributed by atoms with van der Waals surface area (Å²) in [4.78, 5) is 25.7. The Kier molecular flexibility index (Phi) is 5.80. The fourth-order valence-electron chi connectivity index (χ4n) is 3.75. The smallest absolute Gasteiger partial charge is 0.323 e. The van der Waals surface area contributed by atoms with Gasteiger partial charge in [-0.1, -0.05) is 6.07 Å². The molecule has 35 heavy (non-hydrogen) atoms. The zero-order valence-electron chi connectivity index (χ0n) is 19.6. The number of pyridine rings is 1. The minimum Gasteiger partial charge on any atom is -0.324 e. The van der Waals surface area contributed by atoms with Crippen LogP contribution in [-0.4, -0.2) is 30.8 Å². The summed E-state index contributed by atoms with van der Waals surface area (Å²) < 4.78 is 1.82. The molecule has 9 heteroatoms. The molecular weight excluding hydrogens is 440 g/mol. The fraction of sp³-hybridized carbons (Fsp3) is 0.115. The molecule has 0 spiro atoms. The van der Waals surface area contributed by atoms with Crippen molar-refractivity contribution in [2.45, 2.75) is 13.8 Å². The number of amides is 2. The Morgan fingerprint density at radius 1 is 0.943 bits per heavy atom. The normalized spacial score (nSPS) is 10.8. The van der Waals surface area contributed by atoms with Crippen molar-refractivity contribution in [1.82, 2.24) is 24.7 Å². The first-order valence-electron chi connectivity index (χ1n) is 11.1. The molecule has 0 aliphatic rings. The number of fused-ring (bicyclic) bond motifs is 1. The van der Waals surface area contributed by atoms with Gasteiger partial charge in [-0.15, -0.1) is 0 Å². The SMILES string of the molecule is Cc1ccc(NC(=O)Nc2ccc3c(C)n(C)nc3c2)cc1Nc1nccc(-c2cccnc2)n1. The molecule has 0 unspecified atom stereocenters. The molecule has 2 aromatic carbocycles. The third-order valence-corrected chi connectivity index (χ3v) is 5.74. The third-order valence-electron chi connectivity index (χ3n) is 5.74. The van der Waals surface area contributed by atoms with Gasteiger partial charge in [-0.25, -0.2) is 14.8 Å². The molecule has 0 fully saturated rings. The molecule has 9 nitrogen and oxygen atoms in total. The number of nitrogens with zero attached hydrogens (tertiary/aromatic N) is 5. The van der Waals surface area contributed by atoms with Gasteiger partial charge in [-0.3, -0.25) is 9.67 Å². The van der Waals surface area contributed by atoms with E-state index in [-0.39, 0.29) is 6.03 Å². The van der Waals surface area contributed by atoms with Crippen molar-refractivity contribution < 1.29 is 4.79 Å². The summed E-state index contributed by atoms with van der Waals surface area (Å²) in [6.07, 6.45) is 5.18. The number of hydrogen-bond acceptors (Lipinski definition) is 6. The van der Waals surface area contributed by atoms with Gasteiger partial charge in [0.15, 0.2) is 0 Å². The minimum atomic E-state index is -0.346. The van der Waals surface area contributed by atoms with E-state index in [2.05, 4.69) is 36.0 Å². The van der Waals surface area contributed by atoms with E-state index in [0.717, 1.165) is 39.1 Å². The molecule has 5 rings (SSSR count). The highest BCUT2D eigenvalue weighted by molar-refractivity contribution is 6.01. The molecule has 0 bridgehead atoms. The highest BCUT2D eigenvalue weighted by atomic mass is 16.2. The van der Waals surface area contributed by atoms with E-state index in [9.17, 15) is 4.79 Å². The number of aryl methyl sites for hydroxylation is 3. The van der Waals surface area contributed by atoms with E-state index in [1.54, 1.807) is 18.6 Å². The number of aromatic nitrogens is 5. The molecule has 0 radical (unpaired) electrons. The third kappa shape index (κ3) is 4.79. The zero-order valence-corrected chi connectivity index (χ0v) is 19.6. The predicted octanol–water partition coefficient (Wildman–Crippen LogP) is 5.43. The maximum atomic E-state index is 12.6. The Morgan fingerprint density at radius 3 is 2.54 bits per heavy atom. The Balaban J connectivity index is 1.30. The molecule has 0 saturated carbocycles. The van der Waals surface area contributed by atoms with E-state index in [4.69, 9.17) is 0 Å². The second-order valence-electron chi connectivity index (χ2n) is 8.18. The fourth-order valence-corrected chi connectivity index (χ4v) is 3.75. The molecule has 0 saturated heterocycles. The van der Waals surface area contributed by atoms with Crippen LogP contribution in [0.2, 0.25) is 0 Å². The average molecular weight is 465 g/mol. The zero-order chi connectivity index (χ0) is 24.4. The summed E-state index contributed by atoms with van der Waals surface area (Å²) in [5, 5.41) is 14.5. The number of urea groups is 1. The number of carbonyl (C=O) groups is 1. The summed E-state index contributed by atoms with van der Waals surface area (Å²) in [5.41, 5.74) is 6.65. The molecule has 174 valence electrons. The molecular formula is C26H24N8O. The predicted molar refractivity (Wildman–Crippen MR) is 138 cm³/mol. The number of benzene rings is 2. The van der Waals surface area contributed by atoms with Crippen LogP contribution < -0.4 is 16.0 Å². The van der Waals surface area contributed by atoms with E-state index >= 15 is 0 Å². The van der Waals surface area contributed by atoms with Gasteiger partial charge in [-0.05, 0) is 67.9 Å². The number of nitrogens with one attached hydrogen (secondary N) is 3. The van der Waals surface area contributed by atoms with Crippen molar-refractivity contribution in [3.8, 4) is 11.3 Å². The molecule has 3 heterocycles. The standard InChI is InChI=1S/C26H24N8O/c1-16-6-7-19(29-26(35)30-20-8-9-21-17(2)34(3)33-24(21)14-20)13-23(16)32-25-28-12-10-22(31-25)18-5-4-11-27-15-18/h4-15H,1-3H3,(H,28,31,32)(H2,29,30,35). The van der Waals surface area contributed by atoms with Gasteiger partial charge in [-0.2, -0.15) is 5.10 Å². The summed E-state index contributed by atoms with van der Waals surface area (Å²) in [5.74, 6) is 0.454. The van der Waals surface area contributed by atoms with Gasteiger partial charge < -0.3 is 16.0 Å². The van der Waals surface area contributed by atoms with Crippen LogP contribution in [0.4, 0.5) is 27.8 Å². The largest absolute Gasteiger partial charge is 0.324 e. The number of anilines is 4. The van der Waals surface area contributed by atoms with Crippen molar-refractivity contribution in [2.24, 2.45) is 7.05 Å². The van der Waals surface area contributed by atoms with Crippen LogP contribution in [0.3, 0.4) is 0 Å². The van der Waals surface area contributed by atoms with E-state index in [1.165, 1.54) is 0 Å². The average Bonchev–Trinajstić information content (AvgIpc) is 3.14. The lowest BCUT2D eigenvalue weighted by atomic mass is 10.2. The summed E-state index contributed by atoms with van der Waals surface area (Å²) in [6, 6.07) is 16.6. The topological polar surface area (TPSA) is 110 Å². The lowest BCUT2D eigenvalue weighted by molar-refractivity contribution is 0.262. The Morgan fingerprint density at radius 2 is 1.74 bits per heavy atom. The van der Waals surface area contributed by atoms with Gasteiger partial charge in [0.2, 0.25) is 5.95 Å². The van der Waals surface area contributed by atoms with Crippen LogP contribution in [-0.2, 0) is 7.05 Å². The van der Waals surface area contributed by atoms with Crippen molar-refractivity contribution in [3.63, 3.8) is 0 Å². The Bertz CT molecular complexity index is 1530. The van der Waals surface area contributed by atoms with Crippen molar-refractivity contribution in [2.75, 3.05) is 16.0 Å². The maximum absolute atomic E-state index is 12.6. The van der Waals surface area contributed by atoms with Crippen LogP contribution in [0, 0.1) is 13.8 Å². The molecule has 3 aromatic heterocycles. The summed E-state index contributed by atoms with van der Waals surface area (Å²) in [6.45, 7) is 3.99. The summed E-state index contributed by atoms with van der Waals surface area (Å²) in [7, 11) is 1.90. The van der Waals surface area contributed by atoms with Gasteiger partial charge in [0.1, 0.15) is 0 Å². The first-order chi connectivity index (χ1) is 17.0. The van der Waals surface area contributed by atoms with Gasteiger partial charge in [0.25, 0.3) is 0 Å². The second-order valence-corrected chi connectivity index (χ2v) is 8.18. The van der Waals surface area contributed by atoms with Gasteiger partial charge in [0.05, 0.1) is 11.2 Å². The van der Waals surface area contributed by atoms with Crippen molar-refractivity contribution in [3.05, 3.63) is 84.4 Å². The van der Waals surface area contributed by atoms with E-state index in [1.807, 2.05) is 80.2 Å². The molecule has 0 aliphatic carbocycles. The summed E-state index contributed by atoms with van der Waals surface area (Å²) >= 11 is 0. The molecule has 3 N–H and O–H groups in total. The van der Waals surface area contributed by atoms with Gasteiger partial charge >= 0.3 is 6.03 Å². The van der Waals surface area contributed by atoms with Crippen LogP contribution >= 0.6 is 0 Å². The lowest BCUT2D eigenvalue weighted by Gasteiger charge is -2.12. The first-order valence-corrected chi connectivity index (χ1v) is 11.1. The number of hydrogen-bond donors (Lipinski definition) is 3. The second kappa shape index (κ2) is 9.22. The number of carbonyl (C=O) groups excluding carboxylic acids is 1.